The predicted molar refractivity (Wildman–Crippen MR) is 79.0 cm³/mol. The van der Waals surface area contributed by atoms with Crippen LogP contribution in [0.5, 0.6) is 5.75 Å². The molecular weight excluding hydrogens is 254 g/mol. The third-order valence-electron chi connectivity index (χ3n) is 3.27. The van der Waals surface area contributed by atoms with Crippen LogP contribution in [0.25, 0.3) is 5.69 Å². The second-order valence-electron chi connectivity index (χ2n) is 4.45. The van der Waals surface area contributed by atoms with E-state index in [4.69, 9.17) is 4.74 Å². The maximum Gasteiger partial charge on any atom is 0.184 e. The average molecular weight is 273 g/mol. The van der Waals surface area contributed by atoms with Gasteiger partial charge < -0.3 is 10.1 Å². The molecule has 1 aromatic carbocycles. The van der Waals surface area contributed by atoms with E-state index in [1.165, 1.54) is 0 Å². The summed E-state index contributed by atoms with van der Waals surface area (Å²) in [4.78, 5) is 12.0. The molecule has 1 N–H and O–H groups in total. The van der Waals surface area contributed by atoms with Crippen molar-refractivity contribution in [1.29, 1.82) is 0 Å². The van der Waals surface area contributed by atoms with Crippen LogP contribution in [0.1, 0.15) is 29.5 Å². The molecule has 0 fully saturated rings. The van der Waals surface area contributed by atoms with E-state index in [9.17, 15) is 4.79 Å². The van der Waals surface area contributed by atoms with Crippen LogP contribution in [0.4, 0.5) is 5.69 Å². The maximum absolute atomic E-state index is 12.0. The lowest BCUT2D eigenvalue weighted by Gasteiger charge is -2.06. The van der Waals surface area contributed by atoms with Crippen LogP contribution in [-0.2, 0) is 0 Å². The zero-order valence-electron chi connectivity index (χ0n) is 12.2. The Morgan fingerprint density at radius 2 is 2.00 bits per heavy atom. The summed E-state index contributed by atoms with van der Waals surface area (Å²) in [5.74, 6) is 0.821. The SMILES string of the molecule is CCC(=O)c1nn(-c2ccc(OC)cc2)c(C)c1NC. The van der Waals surface area contributed by atoms with E-state index in [0.29, 0.717) is 12.1 Å². The number of aromatic nitrogens is 2. The monoisotopic (exact) mass is 273 g/mol. The van der Waals surface area contributed by atoms with Gasteiger partial charge in [-0.05, 0) is 31.2 Å². The molecule has 2 rings (SSSR count). The van der Waals surface area contributed by atoms with Crippen molar-refractivity contribution < 1.29 is 9.53 Å². The quantitative estimate of drug-likeness (QED) is 0.851. The van der Waals surface area contributed by atoms with E-state index in [1.54, 1.807) is 18.8 Å². The van der Waals surface area contributed by atoms with Gasteiger partial charge in [0.2, 0.25) is 0 Å². The zero-order valence-corrected chi connectivity index (χ0v) is 12.2. The van der Waals surface area contributed by atoms with Gasteiger partial charge >= 0.3 is 0 Å². The Labute approximate surface area is 118 Å². The Hall–Kier alpha value is -2.30. The van der Waals surface area contributed by atoms with Crippen LogP contribution in [0.3, 0.4) is 0 Å². The van der Waals surface area contributed by atoms with Crippen LogP contribution in [0, 0.1) is 6.92 Å². The zero-order chi connectivity index (χ0) is 14.7. The molecule has 0 bridgehead atoms. The van der Waals surface area contributed by atoms with Gasteiger partial charge in [0, 0.05) is 13.5 Å². The molecule has 1 aromatic heterocycles. The molecule has 0 aliphatic heterocycles. The number of nitrogens with zero attached hydrogens (tertiary/aromatic N) is 2. The molecule has 0 unspecified atom stereocenters. The van der Waals surface area contributed by atoms with Crippen molar-refractivity contribution in [2.75, 3.05) is 19.5 Å². The number of carbonyl (C=O) groups is 1. The molecule has 1 heterocycles. The van der Waals surface area contributed by atoms with Gasteiger partial charge in [-0.1, -0.05) is 6.92 Å². The normalized spacial score (nSPS) is 10.4. The van der Waals surface area contributed by atoms with E-state index >= 15 is 0 Å². The molecule has 0 spiro atoms. The Morgan fingerprint density at radius 3 is 2.50 bits per heavy atom. The molecule has 0 aliphatic carbocycles. The number of hydrogen-bond donors (Lipinski definition) is 1. The van der Waals surface area contributed by atoms with E-state index in [2.05, 4.69) is 10.4 Å². The number of benzene rings is 1. The number of nitrogens with one attached hydrogen (secondary N) is 1. The highest BCUT2D eigenvalue weighted by atomic mass is 16.5. The lowest BCUT2D eigenvalue weighted by Crippen LogP contribution is -2.03. The number of methoxy groups -OCH3 is 1. The Balaban J connectivity index is 2.51. The minimum Gasteiger partial charge on any atom is -0.497 e. The van der Waals surface area contributed by atoms with Crippen molar-refractivity contribution in [3.8, 4) is 11.4 Å². The summed E-state index contributed by atoms with van der Waals surface area (Å²) < 4.78 is 6.92. The summed E-state index contributed by atoms with van der Waals surface area (Å²) >= 11 is 0. The van der Waals surface area contributed by atoms with E-state index in [0.717, 1.165) is 22.8 Å². The fourth-order valence-electron chi connectivity index (χ4n) is 2.14. The summed E-state index contributed by atoms with van der Waals surface area (Å²) in [5, 5.41) is 7.50. The number of anilines is 1. The summed E-state index contributed by atoms with van der Waals surface area (Å²) in [7, 11) is 3.43. The molecule has 0 saturated carbocycles. The number of hydrogen-bond acceptors (Lipinski definition) is 4. The molecule has 0 aliphatic rings. The smallest absolute Gasteiger partial charge is 0.184 e. The average Bonchev–Trinajstić information content (AvgIpc) is 2.83. The molecule has 2 aromatic rings. The van der Waals surface area contributed by atoms with Crippen molar-refractivity contribution >= 4 is 11.5 Å². The van der Waals surface area contributed by atoms with Gasteiger partial charge in [0.25, 0.3) is 0 Å². The number of Topliss-reactive ketones (excluding diaryl/α,β-unsaturated/α-hetero) is 1. The highest BCUT2D eigenvalue weighted by Gasteiger charge is 2.19. The molecule has 20 heavy (non-hydrogen) atoms. The molecule has 0 amide bonds. The van der Waals surface area contributed by atoms with Crippen LogP contribution < -0.4 is 10.1 Å². The molecule has 0 saturated heterocycles. The summed E-state index contributed by atoms with van der Waals surface area (Å²) in [6.07, 6.45) is 0.438. The Bertz CT molecular complexity index is 615. The number of ketones is 1. The standard InChI is InChI=1S/C15H19N3O2/c1-5-13(19)15-14(16-3)10(2)18(17-15)11-6-8-12(20-4)9-7-11/h6-9,16H,5H2,1-4H3. The van der Waals surface area contributed by atoms with E-state index in [-0.39, 0.29) is 5.78 Å². The fourth-order valence-corrected chi connectivity index (χ4v) is 2.14. The minimum absolute atomic E-state index is 0.0321. The van der Waals surface area contributed by atoms with Crippen molar-refractivity contribution in [3.63, 3.8) is 0 Å². The summed E-state index contributed by atoms with van der Waals surface area (Å²) in [6, 6.07) is 7.57. The highest BCUT2D eigenvalue weighted by Crippen LogP contribution is 2.25. The first-order valence-corrected chi connectivity index (χ1v) is 6.57. The number of rotatable bonds is 5. The van der Waals surface area contributed by atoms with Gasteiger partial charge in [0.15, 0.2) is 11.5 Å². The second kappa shape index (κ2) is 5.77. The van der Waals surface area contributed by atoms with Crippen LogP contribution in [-0.4, -0.2) is 29.7 Å². The Morgan fingerprint density at radius 1 is 1.35 bits per heavy atom. The van der Waals surface area contributed by atoms with Crippen molar-refractivity contribution in [3.05, 3.63) is 35.7 Å². The lowest BCUT2D eigenvalue weighted by atomic mass is 10.2. The van der Waals surface area contributed by atoms with E-state index < -0.39 is 0 Å². The van der Waals surface area contributed by atoms with Gasteiger partial charge in [0.1, 0.15) is 5.75 Å². The molecular formula is C15H19N3O2. The summed E-state index contributed by atoms with van der Waals surface area (Å²) in [6.45, 7) is 3.78. The fraction of sp³-hybridized carbons (Fsp3) is 0.333. The van der Waals surface area contributed by atoms with Gasteiger partial charge in [0.05, 0.1) is 24.2 Å². The van der Waals surface area contributed by atoms with Crippen molar-refractivity contribution in [2.45, 2.75) is 20.3 Å². The van der Waals surface area contributed by atoms with Gasteiger partial charge in [-0.3, -0.25) is 4.79 Å². The molecule has 0 radical (unpaired) electrons. The molecule has 5 heteroatoms. The molecule has 5 nitrogen and oxygen atoms in total. The topological polar surface area (TPSA) is 56.2 Å². The second-order valence-corrected chi connectivity index (χ2v) is 4.45. The van der Waals surface area contributed by atoms with Gasteiger partial charge in [-0.2, -0.15) is 5.10 Å². The number of carbonyl (C=O) groups excluding carboxylic acids is 1. The summed E-state index contributed by atoms with van der Waals surface area (Å²) in [5.41, 5.74) is 3.08. The predicted octanol–water partition coefficient (Wildman–Crippen LogP) is 2.82. The lowest BCUT2D eigenvalue weighted by molar-refractivity contribution is 0.0983. The van der Waals surface area contributed by atoms with Crippen LogP contribution in [0.15, 0.2) is 24.3 Å². The van der Waals surface area contributed by atoms with Crippen LogP contribution in [0.2, 0.25) is 0 Å². The van der Waals surface area contributed by atoms with Crippen molar-refractivity contribution in [1.82, 2.24) is 9.78 Å². The van der Waals surface area contributed by atoms with Crippen molar-refractivity contribution in [2.24, 2.45) is 0 Å². The molecule has 106 valence electrons. The largest absolute Gasteiger partial charge is 0.497 e. The maximum atomic E-state index is 12.0. The molecule has 0 atom stereocenters. The minimum atomic E-state index is 0.0321. The van der Waals surface area contributed by atoms with Gasteiger partial charge in [-0.15, -0.1) is 0 Å². The Kier molecular flexibility index (Phi) is 4.08. The first-order valence-electron chi connectivity index (χ1n) is 6.57. The van der Waals surface area contributed by atoms with E-state index in [1.807, 2.05) is 38.1 Å². The van der Waals surface area contributed by atoms with Gasteiger partial charge in [-0.25, -0.2) is 4.68 Å². The van der Waals surface area contributed by atoms with Crippen LogP contribution >= 0.6 is 0 Å². The third-order valence-corrected chi connectivity index (χ3v) is 3.27. The highest BCUT2D eigenvalue weighted by molar-refractivity contribution is 5.99. The first-order chi connectivity index (χ1) is 9.62. The first kappa shape index (κ1) is 14.1. The number of ether oxygens (including phenoxy) is 1. The third kappa shape index (κ3) is 2.39.